The van der Waals surface area contributed by atoms with E-state index in [0.717, 1.165) is 52.9 Å². The second kappa shape index (κ2) is 9.55. The number of carbonyl (C=O) groups is 1. The van der Waals surface area contributed by atoms with E-state index in [1.54, 1.807) is 30.6 Å². The van der Waals surface area contributed by atoms with Crippen LogP contribution in [0.4, 0.5) is 5.69 Å². The molecule has 1 fully saturated rings. The molecule has 0 aliphatic carbocycles. The van der Waals surface area contributed by atoms with Gasteiger partial charge in [-0.05, 0) is 56.3 Å². The number of rotatable bonds is 6. The number of likely N-dealkylation sites (tertiary alicyclic amines) is 1. The SMILES string of the molecule is COc1ccccc1-c1nnc(C2CCN(CC(=O)Nc3cccc(Cl)c3)CC2)s1. The Morgan fingerprint density at radius 2 is 2.00 bits per heavy atom. The number of halogens is 1. The molecular formula is C22H23ClN4O2S. The smallest absolute Gasteiger partial charge is 0.238 e. The van der Waals surface area contributed by atoms with Gasteiger partial charge in [0.15, 0.2) is 5.01 Å². The Kier molecular flexibility index (Phi) is 6.62. The number of hydrogen-bond donors (Lipinski definition) is 1. The van der Waals surface area contributed by atoms with Crippen molar-refractivity contribution in [3.8, 4) is 16.3 Å². The number of carbonyl (C=O) groups excluding carboxylic acids is 1. The fourth-order valence-electron chi connectivity index (χ4n) is 3.64. The van der Waals surface area contributed by atoms with Crippen molar-refractivity contribution in [1.82, 2.24) is 15.1 Å². The highest BCUT2D eigenvalue weighted by Gasteiger charge is 2.25. The van der Waals surface area contributed by atoms with Crippen molar-refractivity contribution in [2.75, 3.05) is 32.1 Å². The lowest BCUT2D eigenvalue weighted by atomic mass is 9.98. The maximum atomic E-state index is 12.3. The van der Waals surface area contributed by atoms with Crippen molar-refractivity contribution in [1.29, 1.82) is 0 Å². The summed E-state index contributed by atoms with van der Waals surface area (Å²) in [6.07, 6.45) is 1.93. The molecule has 3 aromatic rings. The fraction of sp³-hybridized carbons (Fsp3) is 0.318. The van der Waals surface area contributed by atoms with E-state index in [4.69, 9.17) is 16.3 Å². The number of anilines is 1. The number of hydrogen-bond acceptors (Lipinski definition) is 6. The Morgan fingerprint density at radius 1 is 1.20 bits per heavy atom. The van der Waals surface area contributed by atoms with Crippen LogP contribution in [0.5, 0.6) is 5.75 Å². The highest BCUT2D eigenvalue weighted by molar-refractivity contribution is 7.14. The highest BCUT2D eigenvalue weighted by atomic mass is 35.5. The van der Waals surface area contributed by atoms with E-state index < -0.39 is 0 Å². The molecule has 4 rings (SSSR count). The Bertz CT molecular complexity index is 1020. The van der Waals surface area contributed by atoms with E-state index in [1.165, 1.54) is 0 Å². The maximum Gasteiger partial charge on any atom is 0.238 e. The third kappa shape index (κ3) is 4.98. The van der Waals surface area contributed by atoms with E-state index in [1.807, 2.05) is 36.4 Å². The first-order valence-electron chi connectivity index (χ1n) is 9.87. The van der Waals surface area contributed by atoms with Crippen LogP contribution in [0.3, 0.4) is 0 Å². The van der Waals surface area contributed by atoms with Gasteiger partial charge in [0.25, 0.3) is 0 Å². The van der Waals surface area contributed by atoms with E-state index in [9.17, 15) is 4.79 Å². The summed E-state index contributed by atoms with van der Waals surface area (Å²) >= 11 is 7.60. The van der Waals surface area contributed by atoms with Crippen LogP contribution in [0.25, 0.3) is 10.6 Å². The molecule has 1 aliphatic heterocycles. The van der Waals surface area contributed by atoms with Gasteiger partial charge in [-0.15, -0.1) is 10.2 Å². The minimum absolute atomic E-state index is 0.0231. The summed E-state index contributed by atoms with van der Waals surface area (Å²) in [7, 11) is 1.67. The molecule has 2 heterocycles. The summed E-state index contributed by atoms with van der Waals surface area (Å²) in [5.74, 6) is 1.16. The fourth-order valence-corrected chi connectivity index (χ4v) is 4.87. The van der Waals surface area contributed by atoms with Gasteiger partial charge in [-0.1, -0.05) is 41.1 Å². The Labute approximate surface area is 184 Å². The lowest BCUT2D eigenvalue weighted by molar-refractivity contribution is -0.117. The average molecular weight is 443 g/mol. The number of benzene rings is 2. The summed E-state index contributed by atoms with van der Waals surface area (Å²) in [6, 6.07) is 15.1. The number of methoxy groups -OCH3 is 1. The molecule has 1 aliphatic rings. The van der Waals surface area contributed by atoms with E-state index >= 15 is 0 Å². The van der Waals surface area contributed by atoms with Gasteiger partial charge >= 0.3 is 0 Å². The highest BCUT2D eigenvalue weighted by Crippen LogP contribution is 2.36. The minimum atomic E-state index is -0.0231. The molecule has 1 saturated heterocycles. The van der Waals surface area contributed by atoms with Gasteiger partial charge in [-0.3, -0.25) is 9.69 Å². The van der Waals surface area contributed by atoms with E-state index in [0.29, 0.717) is 17.5 Å². The molecule has 1 amide bonds. The summed E-state index contributed by atoms with van der Waals surface area (Å²) in [4.78, 5) is 14.5. The molecule has 6 nitrogen and oxygen atoms in total. The molecule has 0 radical (unpaired) electrons. The molecule has 0 bridgehead atoms. The van der Waals surface area contributed by atoms with Crippen LogP contribution in [0, 0.1) is 0 Å². The lowest BCUT2D eigenvalue weighted by Gasteiger charge is -2.30. The topological polar surface area (TPSA) is 67.4 Å². The first kappa shape index (κ1) is 20.8. The predicted molar refractivity (Wildman–Crippen MR) is 120 cm³/mol. The van der Waals surface area contributed by atoms with Crippen LogP contribution in [-0.2, 0) is 4.79 Å². The second-order valence-corrected chi connectivity index (χ2v) is 8.70. The number of ether oxygens (including phenoxy) is 1. The molecular weight excluding hydrogens is 420 g/mol. The normalized spacial score (nSPS) is 15.1. The van der Waals surface area contributed by atoms with Gasteiger partial charge in [0.2, 0.25) is 5.91 Å². The number of nitrogens with zero attached hydrogens (tertiary/aromatic N) is 3. The number of aromatic nitrogens is 2. The van der Waals surface area contributed by atoms with Gasteiger partial charge in [0.05, 0.1) is 19.2 Å². The Hall–Kier alpha value is -2.48. The summed E-state index contributed by atoms with van der Waals surface area (Å²) in [5, 5.41) is 14.3. The van der Waals surface area contributed by atoms with Gasteiger partial charge in [0.1, 0.15) is 10.8 Å². The zero-order valence-corrected chi connectivity index (χ0v) is 18.2. The molecule has 156 valence electrons. The molecule has 0 spiro atoms. The van der Waals surface area contributed by atoms with Crippen molar-refractivity contribution in [3.63, 3.8) is 0 Å². The third-order valence-corrected chi connectivity index (χ3v) is 6.54. The van der Waals surface area contributed by atoms with E-state index in [-0.39, 0.29) is 5.91 Å². The molecule has 2 aromatic carbocycles. The average Bonchev–Trinajstić information content (AvgIpc) is 3.24. The van der Waals surface area contributed by atoms with Crippen molar-refractivity contribution in [2.24, 2.45) is 0 Å². The van der Waals surface area contributed by atoms with Crippen molar-refractivity contribution >= 4 is 34.5 Å². The molecule has 1 N–H and O–H groups in total. The van der Waals surface area contributed by atoms with Crippen molar-refractivity contribution in [3.05, 3.63) is 58.6 Å². The van der Waals surface area contributed by atoms with Crippen molar-refractivity contribution < 1.29 is 9.53 Å². The van der Waals surface area contributed by atoms with Crippen molar-refractivity contribution in [2.45, 2.75) is 18.8 Å². The minimum Gasteiger partial charge on any atom is -0.496 e. The third-order valence-electron chi connectivity index (χ3n) is 5.19. The van der Waals surface area contributed by atoms with Crippen LogP contribution >= 0.6 is 22.9 Å². The maximum absolute atomic E-state index is 12.3. The van der Waals surface area contributed by atoms with Gasteiger partial charge < -0.3 is 10.1 Å². The molecule has 8 heteroatoms. The van der Waals surface area contributed by atoms with Gasteiger partial charge in [-0.25, -0.2) is 0 Å². The quantitative estimate of drug-likeness (QED) is 0.600. The zero-order chi connectivity index (χ0) is 20.9. The molecule has 1 aromatic heterocycles. The number of amides is 1. The summed E-state index contributed by atoms with van der Waals surface area (Å²) in [5.41, 5.74) is 1.69. The first-order chi connectivity index (χ1) is 14.6. The Balaban J connectivity index is 1.32. The lowest BCUT2D eigenvalue weighted by Crippen LogP contribution is -2.38. The molecule has 0 atom stereocenters. The predicted octanol–water partition coefficient (Wildman–Crippen LogP) is 4.69. The monoisotopic (exact) mass is 442 g/mol. The first-order valence-corrected chi connectivity index (χ1v) is 11.1. The number of piperidine rings is 1. The van der Waals surface area contributed by atoms with E-state index in [2.05, 4.69) is 20.4 Å². The Morgan fingerprint density at radius 3 is 2.77 bits per heavy atom. The van der Waals surface area contributed by atoms with Crippen LogP contribution in [0.15, 0.2) is 48.5 Å². The van der Waals surface area contributed by atoms with Crippen LogP contribution in [0.2, 0.25) is 5.02 Å². The van der Waals surface area contributed by atoms with Gasteiger partial charge in [-0.2, -0.15) is 0 Å². The molecule has 30 heavy (non-hydrogen) atoms. The van der Waals surface area contributed by atoms with Crippen LogP contribution < -0.4 is 10.1 Å². The molecule has 0 unspecified atom stereocenters. The zero-order valence-electron chi connectivity index (χ0n) is 16.7. The van der Waals surface area contributed by atoms with Crippen LogP contribution in [0.1, 0.15) is 23.8 Å². The summed E-state index contributed by atoms with van der Waals surface area (Å²) < 4.78 is 5.44. The standard InChI is InChI=1S/C22H23ClN4O2S/c1-29-19-8-3-2-7-18(19)22-26-25-21(30-22)15-9-11-27(12-10-15)14-20(28)24-17-6-4-5-16(23)13-17/h2-8,13,15H,9-12,14H2,1H3,(H,24,28). The largest absolute Gasteiger partial charge is 0.496 e. The summed E-state index contributed by atoms with van der Waals surface area (Å²) in [6.45, 7) is 2.09. The molecule has 0 saturated carbocycles. The van der Waals surface area contributed by atoms with Crippen LogP contribution in [-0.4, -0.2) is 47.7 Å². The number of nitrogens with one attached hydrogen (secondary N) is 1. The number of para-hydroxylation sites is 1. The second-order valence-electron chi connectivity index (χ2n) is 7.25. The van der Waals surface area contributed by atoms with Gasteiger partial charge in [0, 0.05) is 16.6 Å².